The third-order valence-corrected chi connectivity index (χ3v) is 4.15. The molecule has 0 saturated carbocycles. The van der Waals surface area contributed by atoms with Crippen molar-refractivity contribution in [3.05, 3.63) is 59.9 Å². The topological polar surface area (TPSA) is 30.7 Å². The molecule has 3 nitrogen and oxygen atoms in total. The van der Waals surface area contributed by atoms with E-state index in [1.807, 2.05) is 23.7 Å². The number of hydrogen-bond acceptors (Lipinski definition) is 3. The van der Waals surface area contributed by atoms with Gasteiger partial charge in [0.25, 0.3) is 0 Å². The second-order valence-electron chi connectivity index (χ2n) is 4.91. The zero-order chi connectivity index (χ0) is 14.8. The van der Waals surface area contributed by atoms with Gasteiger partial charge in [-0.2, -0.15) is 5.10 Å². The molecule has 1 heterocycles. The Labute approximate surface area is 129 Å². The molecule has 0 radical (unpaired) electrons. The summed E-state index contributed by atoms with van der Waals surface area (Å²) in [6.07, 6.45) is 2.08. The van der Waals surface area contributed by atoms with Gasteiger partial charge in [-0.3, -0.25) is 0 Å². The zero-order valence-electron chi connectivity index (χ0n) is 12.4. The lowest BCUT2D eigenvalue weighted by Gasteiger charge is -2.09. The van der Waals surface area contributed by atoms with Gasteiger partial charge < -0.3 is 0 Å². The van der Waals surface area contributed by atoms with Crippen LogP contribution in [0.5, 0.6) is 0 Å². The van der Waals surface area contributed by atoms with Crippen molar-refractivity contribution >= 4 is 11.8 Å². The van der Waals surface area contributed by atoms with E-state index >= 15 is 0 Å². The van der Waals surface area contributed by atoms with E-state index in [1.54, 1.807) is 11.8 Å². The molecule has 0 bridgehead atoms. The highest BCUT2D eigenvalue weighted by Gasteiger charge is 2.12. The molecule has 0 unspecified atom stereocenters. The molecule has 106 valence electrons. The zero-order valence-corrected chi connectivity index (χ0v) is 13.2. The minimum Gasteiger partial charge on any atom is -0.213 e. The van der Waals surface area contributed by atoms with Crippen molar-refractivity contribution in [2.75, 3.05) is 6.26 Å². The molecule has 0 N–H and O–H groups in total. The Morgan fingerprint density at radius 1 is 0.952 bits per heavy atom. The fourth-order valence-corrected chi connectivity index (χ4v) is 2.72. The van der Waals surface area contributed by atoms with Gasteiger partial charge in [0.15, 0.2) is 5.82 Å². The number of benzene rings is 2. The van der Waals surface area contributed by atoms with E-state index < -0.39 is 0 Å². The number of aryl methyl sites for hydroxylation is 2. The Kier molecular flexibility index (Phi) is 3.80. The second-order valence-corrected chi connectivity index (χ2v) is 5.79. The lowest BCUT2D eigenvalue weighted by atomic mass is 10.2. The average molecular weight is 295 g/mol. The van der Waals surface area contributed by atoms with Crippen LogP contribution in [0.15, 0.2) is 53.4 Å². The first-order chi connectivity index (χ1) is 10.2. The number of hydrogen-bond donors (Lipinski definition) is 0. The summed E-state index contributed by atoms with van der Waals surface area (Å²) in [4.78, 5) is 5.85. The number of thioether (sulfide) groups is 1. The van der Waals surface area contributed by atoms with E-state index in [4.69, 9.17) is 0 Å². The predicted molar refractivity (Wildman–Crippen MR) is 88.1 cm³/mol. The summed E-state index contributed by atoms with van der Waals surface area (Å²) in [5.74, 6) is 1.66. The quantitative estimate of drug-likeness (QED) is 0.676. The summed E-state index contributed by atoms with van der Waals surface area (Å²) in [6.45, 7) is 4.02. The van der Waals surface area contributed by atoms with Crippen molar-refractivity contribution in [2.45, 2.75) is 18.7 Å². The molecule has 0 aliphatic carbocycles. The molecular formula is C17H17N3S. The van der Waals surface area contributed by atoms with Gasteiger partial charge in [-0.1, -0.05) is 30.3 Å². The van der Waals surface area contributed by atoms with Crippen molar-refractivity contribution in [3.63, 3.8) is 0 Å². The molecule has 0 aliphatic heterocycles. The van der Waals surface area contributed by atoms with Crippen molar-refractivity contribution < 1.29 is 0 Å². The minimum atomic E-state index is 0.780. The van der Waals surface area contributed by atoms with Gasteiger partial charge in [0.2, 0.25) is 0 Å². The summed E-state index contributed by atoms with van der Waals surface area (Å²) in [5, 5.41) is 4.56. The Morgan fingerprint density at radius 2 is 1.67 bits per heavy atom. The van der Waals surface area contributed by atoms with Crippen LogP contribution in [0.1, 0.15) is 11.4 Å². The molecule has 0 saturated heterocycles. The van der Waals surface area contributed by atoms with Crippen LogP contribution >= 0.6 is 11.8 Å². The van der Waals surface area contributed by atoms with Crippen LogP contribution in [0.4, 0.5) is 0 Å². The lowest BCUT2D eigenvalue weighted by molar-refractivity contribution is 0.862. The molecule has 0 amide bonds. The van der Waals surface area contributed by atoms with E-state index in [0.717, 1.165) is 22.9 Å². The summed E-state index contributed by atoms with van der Waals surface area (Å²) in [6, 6.07) is 16.7. The molecule has 4 heteroatoms. The maximum Gasteiger partial charge on any atom is 0.163 e. The Morgan fingerprint density at radius 3 is 2.33 bits per heavy atom. The van der Waals surface area contributed by atoms with Crippen LogP contribution in [0.25, 0.3) is 17.1 Å². The Hall–Kier alpha value is -2.07. The minimum absolute atomic E-state index is 0.780. The first-order valence-electron chi connectivity index (χ1n) is 6.83. The van der Waals surface area contributed by atoms with Gasteiger partial charge >= 0.3 is 0 Å². The van der Waals surface area contributed by atoms with Crippen molar-refractivity contribution in [3.8, 4) is 17.1 Å². The Balaban J connectivity index is 2.13. The van der Waals surface area contributed by atoms with Gasteiger partial charge in [0.1, 0.15) is 5.82 Å². The van der Waals surface area contributed by atoms with Crippen LogP contribution in [-0.2, 0) is 0 Å². The van der Waals surface area contributed by atoms with Crippen LogP contribution in [0, 0.1) is 13.8 Å². The standard InChI is InChI=1S/C17H17N3S/c1-12-6-4-5-7-16(12)20-17(18-13(2)19-20)14-8-10-15(21-3)11-9-14/h4-11H,1-3H3. The fraction of sp³-hybridized carbons (Fsp3) is 0.176. The number of rotatable bonds is 3. The van der Waals surface area contributed by atoms with Gasteiger partial charge in [0, 0.05) is 10.5 Å². The van der Waals surface area contributed by atoms with E-state index in [9.17, 15) is 0 Å². The molecule has 21 heavy (non-hydrogen) atoms. The maximum absolute atomic E-state index is 4.60. The lowest BCUT2D eigenvalue weighted by Crippen LogP contribution is -2.01. The van der Waals surface area contributed by atoms with Gasteiger partial charge in [0.05, 0.1) is 5.69 Å². The van der Waals surface area contributed by atoms with Crippen molar-refractivity contribution in [2.24, 2.45) is 0 Å². The fourth-order valence-electron chi connectivity index (χ4n) is 2.31. The first-order valence-corrected chi connectivity index (χ1v) is 8.05. The smallest absolute Gasteiger partial charge is 0.163 e. The molecule has 3 rings (SSSR count). The highest BCUT2D eigenvalue weighted by atomic mass is 32.2. The third-order valence-electron chi connectivity index (χ3n) is 3.40. The highest BCUT2D eigenvalue weighted by Crippen LogP contribution is 2.25. The van der Waals surface area contributed by atoms with E-state index in [2.05, 4.69) is 59.7 Å². The summed E-state index contributed by atoms with van der Waals surface area (Å²) in [7, 11) is 0. The monoisotopic (exact) mass is 295 g/mol. The molecule has 0 fully saturated rings. The van der Waals surface area contributed by atoms with Crippen LogP contribution in [-0.4, -0.2) is 21.0 Å². The number of para-hydroxylation sites is 1. The van der Waals surface area contributed by atoms with Gasteiger partial charge in [-0.25, -0.2) is 9.67 Å². The van der Waals surface area contributed by atoms with Crippen molar-refractivity contribution in [1.29, 1.82) is 0 Å². The van der Waals surface area contributed by atoms with E-state index in [1.165, 1.54) is 10.5 Å². The molecular weight excluding hydrogens is 278 g/mol. The highest BCUT2D eigenvalue weighted by molar-refractivity contribution is 7.98. The van der Waals surface area contributed by atoms with Crippen LogP contribution in [0.3, 0.4) is 0 Å². The second kappa shape index (κ2) is 5.74. The summed E-state index contributed by atoms with van der Waals surface area (Å²) >= 11 is 1.74. The first kappa shape index (κ1) is 13.9. The van der Waals surface area contributed by atoms with Gasteiger partial charge in [-0.05, 0) is 43.9 Å². The van der Waals surface area contributed by atoms with Crippen LogP contribution < -0.4 is 0 Å². The van der Waals surface area contributed by atoms with Crippen LogP contribution in [0.2, 0.25) is 0 Å². The SMILES string of the molecule is CSc1ccc(-c2nc(C)nn2-c2ccccc2C)cc1. The molecule has 0 atom stereocenters. The molecule has 3 aromatic rings. The number of nitrogens with zero attached hydrogens (tertiary/aromatic N) is 3. The average Bonchev–Trinajstić information content (AvgIpc) is 2.89. The maximum atomic E-state index is 4.60. The summed E-state index contributed by atoms with van der Waals surface area (Å²) < 4.78 is 1.93. The molecule has 1 aromatic heterocycles. The Bertz CT molecular complexity index is 760. The molecule has 0 spiro atoms. The predicted octanol–water partition coefficient (Wildman–Crippen LogP) is 4.27. The van der Waals surface area contributed by atoms with Crippen molar-refractivity contribution in [1.82, 2.24) is 14.8 Å². The molecule has 0 aliphatic rings. The van der Waals surface area contributed by atoms with E-state index in [0.29, 0.717) is 0 Å². The normalized spacial score (nSPS) is 10.8. The van der Waals surface area contributed by atoms with E-state index in [-0.39, 0.29) is 0 Å². The summed E-state index contributed by atoms with van der Waals surface area (Å²) in [5.41, 5.74) is 3.34. The van der Waals surface area contributed by atoms with Gasteiger partial charge in [-0.15, -0.1) is 11.8 Å². The largest absolute Gasteiger partial charge is 0.213 e. The molecule has 2 aromatic carbocycles. The third kappa shape index (κ3) is 2.72. The number of aromatic nitrogens is 3.